The lowest BCUT2D eigenvalue weighted by atomic mass is 10.0. The van der Waals surface area contributed by atoms with E-state index in [0.29, 0.717) is 0 Å². The largest absolute Gasteiger partial charge is 0.289 e. The number of nitrogens with one attached hydrogen (secondary N) is 1. The van der Waals surface area contributed by atoms with Crippen LogP contribution in [0.2, 0.25) is 0 Å². The topological polar surface area (TPSA) is 86.7 Å². The van der Waals surface area contributed by atoms with Crippen molar-refractivity contribution in [2.75, 3.05) is 0 Å². The van der Waals surface area contributed by atoms with E-state index in [2.05, 4.69) is 0 Å². The molecule has 6 nitrogen and oxygen atoms in total. The van der Waals surface area contributed by atoms with Crippen molar-refractivity contribution < 1.29 is 18.4 Å². The lowest BCUT2D eigenvalue weighted by Gasteiger charge is -2.33. The van der Waals surface area contributed by atoms with Gasteiger partial charge in [0.1, 0.15) is 6.04 Å². The van der Waals surface area contributed by atoms with E-state index in [1.165, 1.54) is 11.3 Å². The SMILES string of the molecule is O=C(NO)[C@H]1Cc2sccc2CN1S(=O)(=O)c1ccc2ccccc2c1. The van der Waals surface area contributed by atoms with Crippen LogP contribution < -0.4 is 5.48 Å². The Balaban J connectivity index is 1.80. The molecule has 0 aliphatic carbocycles. The smallest absolute Gasteiger partial charge is 0.262 e. The molecule has 0 saturated carbocycles. The van der Waals surface area contributed by atoms with E-state index < -0.39 is 22.0 Å². The van der Waals surface area contributed by atoms with Crippen LogP contribution in [0.25, 0.3) is 10.8 Å². The van der Waals surface area contributed by atoms with Crippen LogP contribution in [0.3, 0.4) is 0 Å². The van der Waals surface area contributed by atoms with E-state index in [-0.39, 0.29) is 17.9 Å². The monoisotopic (exact) mass is 388 g/mol. The second kappa shape index (κ2) is 6.48. The number of rotatable bonds is 3. The van der Waals surface area contributed by atoms with Crippen molar-refractivity contribution in [3.63, 3.8) is 0 Å². The van der Waals surface area contributed by atoms with Gasteiger partial charge in [-0.3, -0.25) is 10.0 Å². The van der Waals surface area contributed by atoms with E-state index in [4.69, 9.17) is 5.21 Å². The maximum atomic E-state index is 13.3. The fourth-order valence-corrected chi connectivity index (χ4v) is 5.79. The minimum absolute atomic E-state index is 0.103. The molecule has 1 aromatic heterocycles. The first-order chi connectivity index (χ1) is 12.5. The van der Waals surface area contributed by atoms with Crippen LogP contribution in [-0.2, 0) is 27.8 Å². The molecule has 1 atom stereocenters. The standard InChI is InChI=1S/C18H16N2O4S2/c21-18(19-22)16-10-17-14(7-8-25-17)11-20(16)26(23,24)15-6-5-12-3-1-2-4-13(12)9-15/h1-9,16,22H,10-11H2,(H,19,21)/t16-/m1/s1. The van der Waals surface area contributed by atoms with Gasteiger partial charge in [0.05, 0.1) is 4.90 Å². The Morgan fingerprint density at radius 1 is 1.15 bits per heavy atom. The third-order valence-corrected chi connectivity index (χ3v) is 7.47. The Morgan fingerprint density at radius 2 is 1.92 bits per heavy atom. The summed E-state index contributed by atoms with van der Waals surface area (Å²) in [6.45, 7) is 0.103. The molecule has 8 heteroatoms. The Morgan fingerprint density at radius 3 is 2.69 bits per heavy atom. The quantitative estimate of drug-likeness (QED) is 0.533. The third-order valence-electron chi connectivity index (χ3n) is 4.63. The average molecular weight is 388 g/mol. The van der Waals surface area contributed by atoms with E-state index in [1.54, 1.807) is 23.7 Å². The number of fused-ring (bicyclic) bond motifs is 2. The molecule has 0 unspecified atom stereocenters. The van der Waals surface area contributed by atoms with E-state index in [0.717, 1.165) is 25.5 Å². The van der Waals surface area contributed by atoms with Crippen LogP contribution in [0.5, 0.6) is 0 Å². The maximum Gasteiger partial charge on any atom is 0.262 e. The lowest BCUT2D eigenvalue weighted by Crippen LogP contribution is -2.51. The fourth-order valence-electron chi connectivity index (χ4n) is 3.26. The summed E-state index contributed by atoms with van der Waals surface area (Å²) in [6.07, 6.45) is 0.242. The molecule has 3 aromatic rings. The van der Waals surface area contributed by atoms with Crippen molar-refractivity contribution in [1.29, 1.82) is 0 Å². The van der Waals surface area contributed by atoms with Gasteiger partial charge in [0.2, 0.25) is 10.0 Å². The van der Waals surface area contributed by atoms with Crippen molar-refractivity contribution in [2.24, 2.45) is 0 Å². The van der Waals surface area contributed by atoms with Crippen molar-refractivity contribution in [1.82, 2.24) is 9.79 Å². The predicted octanol–water partition coefficient (Wildman–Crippen LogP) is 2.52. The summed E-state index contributed by atoms with van der Waals surface area (Å²) >= 11 is 1.48. The van der Waals surface area contributed by atoms with Crippen molar-refractivity contribution in [3.05, 3.63) is 64.4 Å². The number of sulfonamides is 1. The highest BCUT2D eigenvalue weighted by Crippen LogP contribution is 2.32. The Bertz CT molecular complexity index is 1090. The number of hydrogen-bond acceptors (Lipinski definition) is 5. The normalized spacial score (nSPS) is 17.8. The zero-order valence-electron chi connectivity index (χ0n) is 13.6. The summed E-state index contributed by atoms with van der Waals surface area (Å²) < 4.78 is 27.7. The molecule has 1 amide bonds. The molecule has 2 aromatic carbocycles. The maximum absolute atomic E-state index is 13.3. The van der Waals surface area contributed by atoms with Crippen LogP contribution >= 0.6 is 11.3 Å². The second-order valence-corrected chi connectivity index (χ2v) is 9.02. The molecule has 2 heterocycles. The highest BCUT2D eigenvalue weighted by molar-refractivity contribution is 7.89. The van der Waals surface area contributed by atoms with Crippen LogP contribution in [0.4, 0.5) is 0 Å². The number of thiophene rings is 1. The first-order valence-electron chi connectivity index (χ1n) is 8.00. The molecule has 1 aliphatic heterocycles. The predicted molar refractivity (Wildman–Crippen MR) is 98.4 cm³/mol. The number of carbonyl (C=O) groups excluding carboxylic acids is 1. The molecule has 2 N–H and O–H groups in total. The summed E-state index contributed by atoms with van der Waals surface area (Å²) in [5, 5.41) is 12.7. The first kappa shape index (κ1) is 17.2. The molecule has 26 heavy (non-hydrogen) atoms. The Hall–Kier alpha value is -2.26. The van der Waals surface area contributed by atoms with Gasteiger partial charge in [-0.25, -0.2) is 13.9 Å². The minimum Gasteiger partial charge on any atom is -0.289 e. The van der Waals surface area contributed by atoms with Gasteiger partial charge in [-0.1, -0.05) is 30.3 Å². The number of amides is 1. The fraction of sp³-hybridized carbons (Fsp3) is 0.167. The van der Waals surface area contributed by atoms with Gasteiger partial charge in [0.25, 0.3) is 5.91 Å². The van der Waals surface area contributed by atoms with E-state index >= 15 is 0 Å². The summed E-state index contributed by atoms with van der Waals surface area (Å²) in [6, 6.07) is 13.3. The molecule has 0 fully saturated rings. The summed E-state index contributed by atoms with van der Waals surface area (Å²) in [7, 11) is -3.91. The number of hydroxylamine groups is 1. The first-order valence-corrected chi connectivity index (χ1v) is 10.3. The van der Waals surface area contributed by atoms with Crippen molar-refractivity contribution in [3.8, 4) is 0 Å². The van der Waals surface area contributed by atoms with Crippen LogP contribution in [0.15, 0.2) is 58.8 Å². The number of carbonyl (C=O) groups is 1. The van der Waals surface area contributed by atoms with Gasteiger partial charge in [0, 0.05) is 17.8 Å². The lowest BCUT2D eigenvalue weighted by molar-refractivity contribution is -0.133. The molecular formula is C18H16N2O4S2. The molecule has 0 radical (unpaired) electrons. The third kappa shape index (κ3) is 2.80. The highest BCUT2D eigenvalue weighted by atomic mass is 32.2. The zero-order valence-corrected chi connectivity index (χ0v) is 15.3. The highest BCUT2D eigenvalue weighted by Gasteiger charge is 2.40. The Kier molecular flexibility index (Phi) is 4.28. The summed E-state index contributed by atoms with van der Waals surface area (Å²) in [5.74, 6) is -0.728. The van der Waals surface area contributed by atoms with Crippen LogP contribution in [-0.4, -0.2) is 29.9 Å². The molecule has 0 spiro atoms. The van der Waals surface area contributed by atoms with Crippen LogP contribution in [0.1, 0.15) is 10.4 Å². The zero-order chi connectivity index (χ0) is 18.3. The molecular weight excluding hydrogens is 372 g/mol. The van der Waals surface area contributed by atoms with E-state index in [1.807, 2.05) is 35.7 Å². The second-order valence-electron chi connectivity index (χ2n) is 6.12. The van der Waals surface area contributed by atoms with Crippen molar-refractivity contribution in [2.45, 2.75) is 23.9 Å². The van der Waals surface area contributed by atoms with Crippen molar-refractivity contribution >= 4 is 38.0 Å². The van der Waals surface area contributed by atoms with Gasteiger partial charge >= 0.3 is 0 Å². The van der Waals surface area contributed by atoms with Gasteiger partial charge < -0.3 is 0 Å². The average Bonchev–Trinajstić information content (AvgIpc) is 3.13. The molecule has 4 rings (SSSR count). The van der Waals surface area contributed by atoms with Crippen LogP contribution in [0, 0.1) is 0 Å². The van der Waals surface area contributed by atoms with Gasteiger partial charge in [-0.2, -0.15) is 4.31 Å². The molecule has 0 saturated heterocycles. The van der Waals surface area contributed by atoms with Gasteiger partial charge in [-0.15, -0.1) is 11.3 Å². The molecule has 1 aliphatic rings. The Labute approximate surface area is 154 Å². The number of hydrogen-bond donors (Lipinski definition) is 2. The number of nitrogens with zero attached hydrogens (tertiary/aromatic N) is 1. The summed E-state index contributed by atoms with van der Waals surface area (Å²) in [5.41, 5.74) is 2.49. The summed E-state index contributed by atoms with van der Waals surface area (Å²) in [4.78, 5) is 13.2. The van der Waals surface area contributed by atoms with E-state index in [9.17, 15) is 13.2 Å². The number of benzene rings is 2. The molecule has 0 bridgehead atoms. The minimum atomic E-state index is -3.91. The van der Waals surface area contributed by atoms with Gasteiger partial charge in [-0.05, 0) is 39.9 Å². The van der Waals surface area contributed by atoms with Gasteiger partial charge in [0.15, 0.2) is 0 Å². The molecule has 134 valence electrons.